The Morgan fingerprint density at radius 3 is 2.11 bits per heavy atom. The van der Waals surface area contributed by atoms with Crippen LogP contribution in [-0.4, -0.2) is 71.8 Å². The molecule has 11 heteroatoms. The lowest BCUT2D eigenvalue weighted by atomic mass is 10.0. The smallest absolute Gasteiger partial charge is 0.435 e. The van der Waals surface area contributed by atoms with Crippen LogP contribution in [-0.2, 0) is 4.74 Å². The topological polar surface area (TPSA) is 96.8 Å². The van der Waals surface area contributed by atoms with Gasteiger partial charge in [-0.15, -0.1) is 5.10 Å². The second-order valence-corrected chi connectivity index (χ2v) is 12.0. The fourth-order valence-corrected chi connectivity index (χ4v) is 4.71. The number of piperazine rings is 1. The van der Waals surface area contributed by atoms with Gasteiger partial charge in [0.25, 0.3) is 5.91 Å². The van der Waals surface area contributed by atoms with Crippen molar-refractivity contribution in [3.05, 3.63) is 82.6 Å². The van der Waals surface area contributed by atoms with Crippen LogP contribution in [0.3, 0.4) is 0 Å². The van der Waals surface area contributed by atoms with Gasteiger partial charge >= 0.3 is 6.09 Å². The number of carbonyl (C=O) groups is 3. The number of amides is 1. The lowest BCUT2D eigenvalue weighted by Gasteiger charge is -2.34. The summed E-state index contributed by atoms with van der Waals surface area (Å²) in [6.45, 7) is 18.2. The molecular weight excluding hydrogens is 592 g/mol. The Morgan fingerprint density at radius 1 is 1.04 bits per heavy atom. The molecule has 3 aromatic rings. The summed E-state index contributed by atoms with van der Waals surface area (Å²) < 4.78 is 36.1. The van der Waals surface area contributed by atoms with E-state index in [9.17, 15) is 23.2 Å². The molecule has 1 aliphatic rings. The molecule has 1 saturated heterocycles. The molecule has 9 nitrogen and oxygen atoms in total. The second-order valence-electron chi connectivity index (χ2n) is 12.0. The number of hydrogen-bond donors (Lipinski definition) is 1. The van der Waals surface area contributed by atoms with Crippen LogP contribution in [0, 0.1) is 11.6 Å². The van der Waals surface area contributed by atoms with Crippen molar-refractivity contribution < 1.29 is 27.9 Å². The van der Waals surface area contributed by atoms with Crippen molar-refractivity contribution in [2.24, 2.45) is 0 Å². The van der Waals surface area contributed by atoms with Crippen molar-refractivity contribution in [1.29, 1.82) is 0 Å². The van der Waals surface area contributed by atoms with E-state index in [1.165, 1.54) is 25.5 Å². The third-order valence-corrected chi connectivity index (χ3v) is 6.90. The molecule has 4 rings (SSSR count). The van der Waals surface area contributed by atoms with Crippen LogP contribution in [0.2, 0.25) is 0 Å². The van der Waals surface area contributed by atoms with E-state index >= 15 is 0 Å². The number of likely N-dealkylation sites (N-methyl/N-ethyl adjacent to an activating group) is 1. The summed E-state index contributed by atoms with van der Waals surface area (Å²) in [5.74, 6) is -2.43. The number of allylic oxidation sites excluding steroid dienone is 1. The van der Waals surface area contributed by atoms with Gasteiger partial charge in [-0.1, -0.05) is 26.8 Å². The molecule has 0 unspecified atom stereocenters. The van der Waals surface area contributed by atoms with Crippen LogP contribution < -0.4 is 10.2 Å². The van der Waals surface area contributed by atoms with Gasteiger partial charge in [-0.25, -0.2) is 13.6 Å². The molecule has 1 N–H and O–H groups in total. The number of nitrogens with zero attached hydrogens (tertiary/aromatic N) is 4. The molecule has 0 bridgehead atoms. The van der Waals surface area contributed by atoms with Crippen molar-refractivity contribution in [2.75, 3.05) is 43.4 Å². The molecule has 1 aromatic heterocycles. The van der Waals surface area contributed by atoms with Gasteiger partial charge in [0, 0.05) is 54.1 Å². The van der Waals surface area contributed by atoms with E-state index in [1.54, 1.807) is 32.9 Å². The van der Waals surface area contributed by atoms with Crippen molar-refractivity contribution in [3.8, 4) is 0 Å². The summed E-state index contributed by atoms with van der Waals surface area (Å²) >= 11 is 0. The minimum Gasteiger partial charge on any atom is -0.442 e. The highest BCUT2D eigenvalue weighted by atomic mass is 19.1. The monoisotopic (exact) mass is 635 g/mol. The molecule has 46 heavy (non-hydrogen) atoms. The van der Waals surface area contributed by atoms with Gasteiger partial charge in [-0.3, -0.25) is 9.59 Å². The second kappa shape index (κ2) is 15.6. The molecule has 0 spiro atoms. The summed E-state index contributed by atoms with van der Waals surface area (Å²) in [6, 6.07) is 8.98. The maximum Gasteiger partial charge on any atom is 0.435 e. The van der Waals surface area contributed by atoms with Gasteiger partial charge in [0.2, 0.25) is 0 Å². The number of halogens is 2. The van der Waals surface area contributed by atoms with Crippen molar-refractivity contribution >= 4 is 47.5 Å². The highest BCUT2D eigenvalue weighted by Gasteiger charge is 2.26. The Kier molecular flexibility index (Phi) is 12.1. The molecule has 0 radical (unpaired) electrons. The number of hydrogen-bond acceptors (Lipinski definition) is 7. The summed E-state index contributed by atoms with van der Waals surface area (Å²) in [7, 11) is 2.08. The first-order chi connectivity index (χ1) is 21.7. The predicted molar refractivity (Wildman–Crippen MR) is 179 cm³/mol. The first-order valence-corrected chi connectivity index (χ1v) is 15.2. The molecule has 0 atom stereocenters. The zero-order valence-corrected chi connectivity index (χ0v) is 27.6. The number of anilines is 2. The van der Waals surface area contributed by atoms with Crippen molar-refractivity contribution in [3.63, 3.8) is 0 Å². The van der Waals surface area contributed by atoms with Gasteiger partial charge in [0.1, 0.15) is 23.5 Å². The lowest BCUT2D eigenvalue weighted by molar-refractivity contribution is 0.0513. The van der Waals surface area contributed by atoms with Crippen LogP contribution in [0.15, 0.2) is 43.0 Å². The van der Waals surface area contributed by atoms with E-state index in [0.29, 0.717) is 11.8 Å². The Labute approximate surface area is 269 Å². The summed E-state index contributed by atoms with van der Waals surface area (Å²) in [4.78, 5) is 41.9. The normalized spacial score (nSPS) is 13.8. The van der Waals surface area contributed by atoms with Gasteiger partial charge in [0.15, 0.2) is 5.82 Å². The minimum absolute atomic E-state index is 0.0430. The quantitative estimate of drug-likeness (QED) is 0.271. The van der Waals surface area contributed by atoms with Gasteiger partial charge < -0.3 is 19.9 Å². The molecule has 1 fully saturated rings. The average Bonchev–Trinajstić information content (AvgIpc) is 3.33. The van der Waals surface area contributed by atoms with Crippen LogP contribution in [0.1, 0.15) is 85.5 Å². The van der Waals surface area contributed by atoms with Crippen molar-refractivity contribution in [2.45, 2.75) is 53.6 Å². The first-order valence-electron chi connectivity index (χ1n) is 15.2. The molecule has 2 aromatic carbocycles. The fraction of sp³-hybridized carbons (Fsp3) is 0.371. The standard InChI is InChI=1S/C32H35F2N5O4.C3H8/c1-7-27-24(16-20(2)28-25(33)17-21(19-40)18-26(28)34)29(36-39(27)31(42)43-32(3,4)5)35-30(41)22-8-10-23(11-9-22)38-14-12-37(6)13-15-38;1-3-2/h7-11,16-19H,1,12-15H2,2-6H3,(H,35,36,41);3H2,1-2H3/b20-16+;. The fourth-order valence-electron chi connectivity index (χ4n) is 4.71. The molecule has 0 saturated carbocycles. The maximum atomic E-state index is 14.8. The highest BCUT2D eigenvalue weighted by Crippen LogP contribution is 2.30. The Bertz CT molecular complexity index is 1580. The summed E-state index contributed by atoms with van der Waals surface area (Å²) in [6.07, 6.45) is 3.48. The number of rotatable bonds is 7. The zero-order chi connectivity index (χ0) is 34.2. The number of benzene rings is 2. The maximum absolute atomic E-state index is 14.8. The summed E-state index contributed by atoms with van der Waals surface area (Å²) in [5.41, 5.74) is 0.402. The molecular formula is C35H43F2N5O4. The average molecular weight is 636 g/mol. The first kappa shape index (κ1) is 35.8. The van der Waals surface area contributed by atoms with Crippen LogP contribution >= 0.6 is 0 Å². The zero-order valence-electron chi connectivity index (χ0n) is 27.6. The van der Waals surface area contributed by atoms with E-state index in [4.69, 9.17) is 4.74 Å². The van der Waals surface area contributed by atoms with E-state index in [2.05, 4.69) is 47.7 Å². The molecule has 1 amide bonds. The number of ether oxygens (including phenoxy) is 1. The SMILES string of the molecule is C=Cc1c(/C=C(\C)c2c(F)cc(C=O)cc2F)c(NC(=O)c2ccc(N3CCN(C)CC3)cc2)nn1C(=O)OC(C)(C)C.CCC. The number of nitrogens with one attached hydrogen (secondary N) is 1. The van der Waals surface area contributed by atoms with Gasteiger partial charge in [0.05, 0.1) is 5.69 Å². The Morgan fingerprint density at radius 2 is 1.61 bits per heavy atom. The van der Waals surface area contributed by atoms with E-state index in [-0.39, 0.29) is 33.8 Å². The molecule has 1 aliphatic heterocycles. The number of aromatic nitrogens is 2. The lowest BCUT2D eigenvalue weighted by Crippen LogP contribution is -2.44. The highest BCUT2D eigenvalue weighted by molar-refractivity contribution is 6.06. The van der Waals surface area contributed by atoms with Crippen LogP contribution in [0.4, 0.5) is 25.1 Å². The van der Waals surface area contributed by atoms with E-state index < -0.39 is 29.2 Å². The van der Waals surface area contributed by atoms with E-state index in [1.807, 2.05) is 12.1 Å². The van der Waals surface area contributed by atoms with Gasteiger partial charge in [-0.05, 0) is 88.9 Å². The third kappa shape index (κ3) is 8.97. The van der Waals surface area contributed by atoms with Crippen molar-refractivity contribution in [1.82, 2.24) is 14.7 Å². The molecule has 0 aliphatic carbocycles. The van der Waals surface area contributed by atoms with Crippen LogP contribution in [0.5, 0.6) is 0 Å². The number of carbonyl (C=O) groups excluding carboxylic acids is 3. The van der Waals surface area contributed by atoms with E-state index in [0.717, 1.165) is 48.7 Å². The predicted octanol–water partition coefficient (Wildman–Crippen LogP) is 7.38. The largest absolute Gasteiger partial charge is 0.442 e. The Balaban J connectivity index is 0.00000185. The Hall–Kier alpha value is -4.64. The van der Waals surface area contributed by atoms with Gasteiger partial charge in [-0.2, -0.15) is 4.68 Å². The minimum atomic E-state index is -0.943. The molecule has 246 valence electrons. The van der Waals surface area contributed by atoms with Crippen LogP contribution in [0.25, 0.3) is 17.7 Å². The number of aldehydes is 1. The summed E-state index contributed by atoms with van der Waals surface area (Å²) in [5, 5.41) is 7.02. The third-order valence-electron chi connectivity index (χ3n) is 6.90. The molecule has 2 heterocycles.